The van der Waals surface area contributed by atoms with Gasteiger partial charge in [0, 0.05) is 19.1 Å². The van der Waals surface area contributed by atoms with Crippen LogP contribution in [0.1, 0.15) is 40.5 Å². The van der Waals surface area contributed by atoms with Crippen molar-refractivity contribution in [3.8, 4) is 0 Å². The summed E-state index contributed by atoms with van der Waals surface area (Å²) in [5.41, 5.74) is 0. The maximum absolute atomic E-state index is 6.41. The van der Waals surface area contributed by atoms with Gasteiger partial charge in [-0.2, -0.15) is 0 Å². The van der Waals surface area contributed by atoms with Crippen LogP contribution >= 0.6 is 23.2 Å². The summed E-state index contributed by atoms with van der Waals surface area (Å²) >= 11 is 12.7. The van der Waals surface area contributed by atoms with Crippen molar-refractivity contribution in [1.82, 2.24) is 4.98 Å². The van der Waals surface area contributed by atoms with E-state index >= 15 is 0 Å². The molecule has 0 radical (unpaired) electrons. The van der Waals surface area contributed by atoms with E-state index in [1.54, 1.807) is 6.07 Å². The van der Waals surface area contributed by atoms with E-state index in [0.717, 1.165) is 31.1 Å². The van der Waals surface area contributed by atoms with Crippen molar-refractivity contribution >= 4 is 34.8 Å². The molecule has 2 heterocycles. The number of halogens is 2. The number of hydrogen-bond donors (Lipinski definition) is 1. The van der Waals surface area contributed by atoms with Gasteiger partial charge in [0.15, 0.2) is 0 Å². The molecular formula is C16H25Cl2N3. The lowest BCUT2D eigenvalue weighted by molar-refractivity contribution is 0.295. The number of anilines is 2. The number of rotatable bonds is 4. The van der Waals surface area contributed by atoms with Crippen LogP contribution in [0.3, 0.4) is 0 Å². The molecule has 1 aliphatic heterocycles. The Bertz CT molecular complexity index is 493. The molecule has 0 spiro atoms. The summed E-state index contributed by atoms with van der Waals surface area (Å²) in [6.07, 6.45) is 2.29. The molecule has 5 heteroatoms. The van der Waals surface area contributed by atoms with Gasteiger partial charge in [0.1, 0.15) is 11.6 Å². The average Bonchev–Trinajstić information content (AvgIpc) is 2.42. The number of aromatic nitrogens is 1. The summed E-state index contributed by atoms with van der Waals surface area (Å²) in [5, 5.41) is 4.50. The summed E-state index contributed by atoms with van der Waals surface area (Å²) in [5.74, 6) is 2.87. The maximum Gasteiger partial charge on any atom is 0.150 e. The quantitative estimate of drug-likeness (QED) is 0.834. The Labute approximate surface area is 138 Å². The maximum atomic E-state index is 6.41. The second-order valence-electron chi connectivity index (χ2n) is 6.26. The molecular weight excluding hydrogens is 305 g/mol. The van der Waals surface area contributed by atoms with E-state index in [4.69, 9.17) is 28.2 Å². The molecule has 1 aromatic rings. The molecule has 1 saturated heterocycles. The van der Waals surface area contributed by atoms with Gasteiger partial charge in [0.25, 0.3) is 0 Å². The van der Waals surface area contributed by atoms with E-state index < -0.39 is 0 Å². The van der Waals surface area contributed by atoms with Gasteiger partial charge >= 0.3 is 0 Å². The Morgan fingerprint density at radius 2 is 2.00 bits per heavy atom. The number of hydrogen-bond acceptors (Lipinski definition) is 3. The lowest BCUT2D eigenvalue weighted by Crippen LogP contribution is -2.46. The molecule has 1 N–H and O–H groups in total. The molecule has 1 aliphatic rings. The fraction of sp³-hybridized carbons (Fsp3) is 0.688. The molecule has 0 aromatic carbocycles. The van der Waals surface area contributed by atoms with Crippen molar-refractivity contribution < 1.29 is 0 Å². The van der Waals surface area contributed by atoms with Crippen molar-refractivity contribution in [3.63, 3.8) is 0 Å². The minimum absolute atomic E-state index is 0.436. The van der Waals surface area contributed by atoms with Gasteiger partial charge in [-0.15, -0.1) is 0 Å². The van der Waals surface area contributed by atoms with E-state index in [-0.39, 0.29) is 0 Å². The van der Waals surface area contributed by atoms with E-state index in [1.807, 2.05) is 0 Å². The molecule has 1 aromatic heterocycles. The molecule has 118 valence electrons. The van der Waals surface area contributed by atoms with Gasteiger partial charge in [0.05, 0.1) is 10.0 Å². The van der Waals surface area contributed by atoms with Gasteiger partial charge in [-0.25, -0.2) is 4.98 Å². The highest BCUT2D eigenvalue weighted by atomic mass is 35.5. The van der Waals surface area contributed by atoms with Crippen LogP contribution in [0.2, 0.25) is 10.0 Å². The zero-order chi connectivity index (χ0) is 15.6. The van der Waals surface area contributed by atoms with Crippen molar-refractivity contribution in [2.75, 3.05) is 23.3 Å². The monoisotopic (exact) mass is 329 g/mol. The van der Waals surface area contributed by atoms with Crippen LogP contribution in [0.15, 0.2) is 6.07 Å². The van der Waals surface area contributed by atoms with Gasteiger partial charge in [-0.1, -0.05) is 44.0 Å². The Hall–Kier alpha value is -0.670. The van der Waals surface area contributed by atoms with Crippen molar-refractivity contribution in [3.05, 3.63) is 16.1 Å². The number of piperidine rings is 1. The highest BCUT2D eigenvalue weighted by molar-refractivity contribution is 6.37. The second kappa shape index (κ2) is 7.06. The molecule has 0 bridgehead atoms. The predicted molar refractivity (Wildman–Crippen MR) is 92.8 cm³/mol. The van der Waals surface area contributed by atoms with Crippen molar-refractivity contribution in [2.45, 2.75) is 46.6 Å². The van der Waals surface area contributed by atoms with Crippen molar-refractivity contribution in [1.29, 1.82) is 0 Å². The average molecular weight is 330 g/mol. The minimum Gasteiger partial charge on any atom is -0.369 e. The summed E-state index contributed by atoms with van der Waals surface area (Å²) in [6, 6.07) is 2.24. The predicted octanol–water partition coefficient (Wildman–Crippen LogP) is 5.08. The van der Waals surface area contributed by atoms with Crippen LogP contribution in [0.4, 0.5) is 11.6 Å². The van der Waals surface area contributed by atoms with Gasteiger partial charge < -0.3 is 10.2 Å². The van der Waals surface area contributed by atoms with E-state index in [9.17, 15) is 0 Å². The molecule has 0 saturated carbocycles. The van der Waals surface area contributed by atoms with Crippen LogP contribution in [0.25, 0.3) is 0 Å². The van der Waals surface area contributed by atoms with E-state index in [2.05, 4.69) is 37.9 Å². The normalized spacial score (nSPS) is 26.0. The Kier molecular flexibility index (Phi) is 5.61. The van der Waals surface area contributed by atoms with E-state index in [0.29, 0.717) is 27.9 Å². The molecule has 2 rings (SSSR count). The summed E-state index contributed by atoms with van der Waals surface area (Å²) in [6.45, 7) is 10.8. The molecule has 3 unspecified atom stereocenters. The highest BCUT2D eigenvalue weighted by Crippen LogP contribution is 2.37. The Balaban J connectivity index is 2.33. The number of pyridine rings is 1. The highest BCUT2D eigenvalue weighted by Gasteiger charge is 2.31. The van der Waals surface area contributed by atoms with E-state index in [1.165, 1.54) is 6.42 Å². The van der Waals surface area contributed by atoms with Crippen LogP contribution in [-0.2, 0) is 0 Å². The van der Waals surface area contributed by atoms with Crippen LogP contribution < -0.4 is 10.2 Å². The largest absolute Gasteiger partial charge is 0.369 e. The fourth-order valence-corrected chi connectivity index (χ4v) is 3.55. The zero-order valence-corrected chi connectivity index (χ0v) is 14.8. The minimum atomic E-state index is 0.436. The van der Waals surface area contributed by atoms with Crippen LogP contribution in [0, 0.1) is 11.8 Å². The van der Waals surface area contributed by atoms with Crippen LogP contribution in [-0.4, -0.2) is 24.1 Å². The third-order valence-corrected chi connectivity index (χ3v) is 4.89. The molecule has 3 nitrogen and oxygen atoms in total. The standard InChI is InChI=1S/C16H25Cl2N3/c1-5-6-19-15-13(17)8-14(18)16(20-15)21-9-10(2)7-11(3)12(21)4/h8,10-12H,5-7,9H2,1-4H3,(H,19,20). The molecule has 1 fully saturated rings. The summed E-state index contributed by atoms with van der Waals surface area (Å²) in [7, 11) is 0. The first-order valence-corrected chi connectivity index (χ1v) is 8.56. The lowest BCUT2D eigenvalue weighted by Gasteiger charge is -2.42. The lowest BCUT2D eigenvalue weighted by atomic mass is 9.86. The third-order valence-electron chi connectivity index (χ3n) is 4.32. The molecule has 0 amide bonds. The first-order chi connectivity index (χ1) is 9.93. The second-order valence-corrected chi connectivity index (χ2v) is 7.08. The first kappa shape index (κ1) is 16.7. The molecule has 21 heavy (non-hydrogen) atoms. The summed E-state index contributed by atoms with van der Waals surface area (Å²) < 4.78 is 0. The Morgan fingerprint density at radius 3 is 2.67 bits per heavy atom. The zero-order valence-electron chi connectivity index (χ0n) is 13.3. The third kappa shape index (κ3) is 3.75. The van der Waals surface area contributed by atoms with Gasteiger partial charge in [-0.3, -0.25) is 0 Å². The smallest absolute Gasteiger partial charge is 0.150 e. The topological polar surface area (TPSA) is 28.2 Å². The number of nitrogens with one attached hydrogen (secondary N) is 1. The Morgan fingerprint density at radius 1 is 1.29 bits per heavy atom. The molecule has 3 atom stereocenters. The summed E-state index contributed by atoms with van der Waals surface area (Å²) in [4.78, 5) is 7.03. The SMILES string of the molecule is CCCNc1nc(N2CC(C)CC(C)C2C)c(Cl)cc1Cl. The first-order valence-electron chi connectivity index (χ1n) is 7.80. The van der Waals surface area contributed by atoms with Crippen molar-refractivity contribution in [2.24, 2.45) is 11.8 Å². The van der Waals surface area contributed by atoms with Gasteiger partial charge in [0.2, 0.25) is 0 Å². The van der Waals surface area contributed by atoms with Gasteiger partial charge in [-0.05, 0) is 37.7 Å². The van der Waals surface area contributed by atoms with Crippen LogP contribution in [0.5, 0.6) is 0 Å². The molecule has 0 aliphatic carbocycles. The number of nitrogens with zero attached hydrogens (tertiary/aromatic N) is 2. The fourth-order valence-electron chi connectivity index (χ4n) is 3.02.